The minimum atomic E-state index is -0.402. The van der Waals surface area contributed by atoms with E-state index in [0.29, 0.717) is 5.02 Å². The molecule has 4 heteroatoms. The van der Waals surface area contributed by atoms with E-state index >= 15 is 0 Å². The Morgan fingerprint density at radius 2 is 1.84 bits per heavy atom. The van der Waals surface area contributed by atoms with Crippen molar-refractivity contribution in [3.8, 4) is 0 Å². The molecule has 0 bridgehead atoms. The molecule has 2 heterocycles. The van der Waals surface area contributed by atoms with Crippen molar-refractivity contribution in [2.75, 3.05) is 13.1 Å². The lowest BCUT2D eigenvalue weighted by Crippen LogP contribution is -2.59. The fraction of sp³-hybridized carbons (Fsp3) is 0.533. The van der Waals surface area contributed by atoms with Gasteiger partial charge in [0.15, 0.2) is 0 Å². The number of benzene rings is 1. The molecule has 2 aliphatic heterocycles. The van der Waals surface area contributed by atoms with Crippen molar-refractivity contribution in [3.05, 3.63) is 34.3 Å². The van der Waals surface area contributed by atoms with Crippen molar-refractivity contribution in [1.82, 2.24) is 10.6 Å². The van der Waals surface area contributed by atoms with Crippen LogP contribution in [0.3, 0.4) is 0 Å². The first kappa shape index (κ1) is 12.9. The van der Waals surface area contributed by atoms with Gasteiger partial charge in [0.1, 0.15) is 0 Å². The van der Waals surface area contributed by atoms with Crippen molar-refractivity contribution in [1.29, 1.82) is 0 Å². The number of fused-ring (bicyclic) bond motifs is 2. The number of hydrogen-bond acceptors (Lipinski definition) is 2. The Labute approximate surface area is 118 Å². The number of rotatable bonds is 0. The number of hydrogen-bond donors (Lipinski definition) is 2. The number of halogens is 1. The van der Waals surface area contributed by atoms with E-state index in [2.05, 4.69) is 16.7 Å². The van der Waals surface area contributed by atoms with Crippen LogP contribution in [-0.4, -0.2) is 19.0 Å². The normalized spacial score (nSPS) is 23.8. The van der Waals surface area contributed by atoms with Crippen molar-refractivity contribution in [2.24, 2.45) is 0 Å². The molecule has 1 fully saturated rings. The van der Waals surface area contributed by atoms with Gasteiger partial charge in [0.05, 0.1) is 11.0 Å². The first-order valence-corrected chi connectivity index (χ1v) is 7.17. The average Bonchev–Trinajstić information content (AvgIpc) is 2.37. The maximum Gasteiger partial charge on any atom is 0.231 e. The second kappa shape index (κ2) is 4.22. The lowest BCUT2D eigenvalue weighted by atomic mass is 9.65. The summed E-state index contributed by atoms with van der Waals surface area (Å²) in [7, 11) is 0. The third kappa shape index (κ3) is 1.87. The van der Waals surface area contributed by atoms with Crippen molar-refractivity contribution in [3.63, 3.8) is 0 Å². The predicted molar refractivity (Wildman–Crippen MR) is 76.4 cm³/mol. The van der Waals surface area contributed by atoms with Crippen LogP contribution in [0, 0.1) is 0 Å². The van der Waals surface area contributed by atoms with E-state index in [-0.39, 0.29) is 11.4 Å². The van der Waals surface area contributed by atoms with Gasteiger partial charge in [-0.15, -0.1) is 0 Å². The third-order valence-electron chi connectivity index (χ3n) is 4.49. The van der Waals surface area contributed by atoms with Gasteiger partial charge in [-0.3, -0.25) is 4.79 Å². The smallest absolute Gasteiger partial charge is 0.231 e. The van der Waals surface area contributed by atoms with Gasteiger partial charge < -0.3 is 10.6 Å². The summed E-state index contributed by atoms with van der Waals surface area (Å²) in [6.07, 6.45) is 1.67. The summed E-state index contributed by atoms with van der Waals surface area (Å²) in [5.41, 5.74) is 1.59. The van der Waals surface area contributed by atoms with E-state index in [1.165, 1.54) is 5.56 Å². The minimum Gasteiger partial charge on any atom is -0.346 e. The molecule has 2 aliphatic rings. The number of carbonyl (C=O) groups excluding carboxylic acids is 1. The third-order valence-corrected chi connectivity index (χ3v) is 4.72. The molecule has 3 rings (SSSR count). The highest BCUT2D eigenvalue weighted by Gasteiger charge is 2.49. The molecule has 0 aromatic heterocycles. The fourth-order valence-electron chi connectivity index (χ4n) is 3.40. The van der Waals surface area contributed by atoms with Crippen LogP contribution in [0.1, 0.15) is 37.8 Å². The molecule has 0 aliphatic carbocycles. The zero-order chi connectivity index (χ0) is 13.7. The molecule has 3 nitrogen and oxygen atoms in total. The maximum absolute atomic E-state index is 12.7. The summed E-state index contributed by atoms with van der Waals surface area (Å²) < 4.78 is 0. The van der Waals surface area contributed by atoms with Crippen molar-refractivity contribution < 1.29 is 4.79 Å². The van der Waals surface area contributed by atoms with Crippen LogP contribution in [0.5, 0.6) is 0 Å². The van der Waals surface area contributed by atoms with E-state index < -0.39 is 5.41 Å². The Kier molecular flexibility index (Phi) is 2.88. The molecule has 2 N–H and O–H groups in total. The Bertz CT molecular complexity index is 533. The molecule has 0 radical (unpaired) electrons. The molecule has 102 valence electrons. The highest BCUT2D eigenvalue weighted by atomic mass is 35.5. The van der Waals surface area contributed by atoms with Crippen LogP contribution in [-0.2, 0) is 15.7 Å². The first-order chi connectivity index (χ1) is 8.96. The SMILES string of the molecule is CC1(C)NC(=O)C2(CCNCC2)c2cc(Cl)ccc21. The second-order valence-corrected chi connectivity index (χ2v) is 6.54. The molecular formula is C15H19ClN2O. The number of nitrogens with one attached hydrogen (secondary N) is 2. The molecule has 0 unspecified atom stereocenters. The molecule has 1 saturated heterocycles. The summed E-state index contributed by atoms with van der Waals surface area (Å²) in [4.78, 5) is 12.7. The summed E-state index contributed by atoms with van der Waals surface area (Å²) in [6.45, 7) is 5.84. The quantitative estimate of drug-likeness (QED) is 0.765. The Balaban J connectivity index is 2.22. The standard InChI is InChI=1S/C15H19ClN2O/c1-14(2)11-4-3-10(16)9-12(11)15(13(19)18-14)5-7-17-8-6-15/h3-4,9,17H,5-8H2,1-2H3,(H,18,19). The Morgan fingerprint density at radius 3 is 2.53 bits per heavy atom. The fourth-order valence-corrected chi connectivity index (χ4v) is 3.57. The van der Waals surface area contributed by atoms with Crippen LogP contribution < -0.4 is 10.6 Å². The van der Waals surface area contributed by atoms with Crippen LogP contribution in [0.15, 0.2) is 18.2 Å². The van der Waals surface area contributed by atoms with Crippen LogP contribution in [0.25, 0.3) is 0 Å². The van der Waals surface area contributed by atoms with Gasteiger partial charge in [0.2, 0.25) is 5.91 Å². The largest absolute Gasteiger partial charge is 0.346 e. The summed E-state index contributed by atoms with van der Waals surface area (Å²) in [6, 6.07) is 5.96. The van der Waals surface area contributed by atoms with E-state index in [0.717, 1.165) is 31.5 Å². The summed E-state index contributed by atoms with van der Waals surface area (Å²) >= 11 is 6.17. The molecule has 19 heavy (non-hydrogen) atoms. The monoisotopic (exact) mass is 278 g/mol. The molecular weight excluding hydrogens is 260 g/mol. The van der Waals surface area contributed by atoms with Gasteiger partial charge >= 0.3 is 0 Å². The zero-order valence-corrected chi connectivity index (χ0v) is 12.1. The van der Waals surface area contributed by atoms with E-state index in [1.807, 2.05) is 26.0 Å². The Morgan fingerprint density at radius 1 is 1.16 bits per heavy atom. The highest BCUT2D eigenvalue weighted by molar-refractivity contribution is 6.30. The van der Waals surface area contributed by atoms with Crippen LogP contribution in [0.2, 0.25) is 5.02 Å². The molecule has 1 amide bonds. The molecule has 0 atom stereocenters. The predicted octanol–water partition coefficient (Wildman–Crippen LogP) is 2.33. The maximum atomic E-state index is 12.7. The highest BCUT2D eigenvalue weighted by Crippen LogP contribution is 2.44. The molecule has 1 aromatic carbocycles. The summed E-state index contributed by atoms with van der Waals surface area (Å²) in [5, 5.41) is 7.22. The van der Waals surface area contributed by atoms with Crippen LogP contribution >= 0.6 is 11.6 Å². The van der Waals surface area contributed by atoms with Gasteiger partial charge in [-0.1, -0.05) is 17.7 Å². The van der Waals surface area contributed by atoms with Crippen molar-refractivity contribution in [2.45, 2.75) is 37.6 Å². The lowest BCUT2D eigenvalue weighted by molar-refractivity contribution is -0.130. The van der Waals surface area contributed by atoms with Gasteiger partial charge in [0, 0.05) is 5.02 Å². The Hall–Kier alpha value is -1.06. The minimum absolute atomic E-state index is 0.147. The van der Waals surface area contributed by atoms with E-state index in [9.17, 15) is 4.79 Å². The number of carbonyl (C=O) groups is 1. The average molecular weight is 279 g/mol. The van der Waals surface area contributed by atoms with Gasteiger partial charge in [0.25, 0.3) is 0 Å². The first-order valence-electron chi connectivity index (χ1n) is 6.80. The summed E-state index contributed by atoms with van der Waals surface area (Å²) in [5.74, 6) is 0.147. The van der Waals surface area contributed by atoms with Gasteiger partial charge in [-0.05, 0) is 63.0 Å². The molecule has 1 spiro atoms. The number of piperidine rings is 1. The van der Waals surface area contributed by atoms with Crippen molar-refractivity contribution >= 4 is 17.5 Å². The lowest BCUT2D eigenvalue weighted by Gasteiger charge is -2.47. The van der Waals surface area contributed by atoms with Gasteiger partial charge in [-0.2, -0.15) is 0 Å². The van der Waals surface area contributed by atoms with E-state index in [1.54, 1.807) is 0 Å². The van der Waals surface area contributed by atoms with Crippen LogP contribution in [0.4, 0.5) is 0 Å². The molecule has 0 saturated carbocycles. The molecule has 1 aromatic rings. The van der Waals surface area contributed by atoms with Gasteiger partial charge in [-0.25, -0.2) is 0 Å². The zero-order valence-electron chi connectivity index (χ0n) is 11.3. The topological polar surface area (TPSA) is 41.1 Å². The van der Waals surface area contributed by atoms with E-state index in [4.69, 9.17) is 11.6 Å². The number of amides is 1. The second-order valence-electron chi connectivity index (χ2n) is 6.10.